The maximum atomic E-state index is 12.9. The monoisotopic (exact) mass is 428 g/mol. The third kappa shape index (κ3) is 4.45. The summed E-state index contributed by atoms with van der Waals surface area (Å²) in [7, 11) is 0. The summed E-state index contributed by atoms with van der Waals surface area (Å²) in [5, 5.41) is 4.27. The molecule has 1 aliphatic heterocycles. The predicted molar refractivity (Wildman–Crippen MR) is 121 cm³/mol. The SMILES string of the molecule is O=C(CCc1c[nH]c2ccccc12)N1CCOC(c2cccc(Nc3ncccn3)n2)C1. The van der Waals surface area contributed by atoms with Gasteiger partial charge in [0.05, 0.1) is 18.8 Å². The number of pyridine rings is 1. The lowest BCUT2D eigenvalue weighted by atomic mass is 10.1. The summed E-state index contributed by atoms with van der Waals surface area (Å²) in [6, 6.07) is 15.6. The molecule has 0 bridgehead atoms. The maximum Gasteiger partial charge on any atom is 0.228 e. The number of ether oxygens (including phenoxy) is 1. The Labute approximate surface area is 185 Å². The molecule has 4 aromatic rings. The van der Waals surface area contributed by atoms with Gasteiger partial charge in [-0.05, 0) is 36.2 Å². The van der Waals surface area contributed by atoms with Crippen LogP contribution >= 0.6 is 0 Å². The van der Waals surface area contributed by atoms with Crippen molar-refractivity contribution in [3.05, 3.63) is 78.4 Å². The molecule has 0 aliphatic carbocycles. The fourth-order valence-electron chi connectivity index (χ4n) is 3.97. The van der Waals surface area contributed by atoms with E-state index in [0.29, 0.717) is 44.3 Å². The van der Waals surface area contributed by atoms with Gasteiger partial charge in [0.1, 0.15) is 11.9 Å². The summed E-state index contributed by atoms with van der Waals surface area (Å²) in [5.41, 5.74) is 3.05. The predicted octanol–water partition coefficient (Wildman–Crippen LogP) is 3.63. The Morgan fingerprint density at radius 2 is 2.00 bits per heavy atom. The first-order valence-corrected chi connectivity index (χ1v) is 10.7. The number of hydrogen-bond acceptors (Lipinski definition) is 6. The van der Waals surface area contributed by atoms with E-state index in [1.165, 1.54) is 10.9 Å². The van der Waals surface area contributed by atoms with Crippen molar-refractivity contribution in [1.29, 1.82) is 0 Å². The highest BCUT2D eigenvalue weighted by Crippen LogP contribution is 2.24. The molecule has 5 rings (SSSR count). The largest absolute Gasteiger partial charge is 0.368 e. The molecule has 162 valence electrons. The number of carbonyl (C=O) groups is 1. The molecule has 4 heterocycles. The van der Waals surface area contributed by atoms with Gasteiger partial charge in [0.2, 0.25) is 11.9 Å². The zero-order valence-corrected chi connectivity index (χ0v) is 17.6. The molecule has 2 N–H and O–H groups in total. The van der Waals surface area contributed by atoms with Crippen LogP contribution in [0, 0.1) is 0 Å². The van der Waals surface area contributed by atoms with E-state index in [2.05, 4.69) is 31.3 Å². The van der Waals surface area contributed by atoms with E-state index < -0.39 is 0 Å². The van der Waals surface area contributed by atoms with Gasteiger partial charge in [-0.3, -0.25) is 4.79 Å². The smallest absolute Gasteiger partial charge is 0.228 e. The number of H-pyrrole nitrogens is 1. The van der Waals surface area contributed by atoms with Crippen LogP contribution in [0.3, 0.4) is 0 Å². The standard InChI is InChI=1S/C24H24N6O2/c31-23(10-9-17-15-27-19-6-2-1-5-18(17)19)30-13-14-32-21(16-30)20-7-3-8-22(28-20)29-24-25-11-4-12-26-24/h1-8,11-12,15,21,27H,9-10,13-14,16H2,(H,25,26,28,29). The van der Waals surface area contributed by atoms with Crippen LogP contribution in [0.2, 0.25) is 0 Å². The fourth-order valence-corrected chi connectivity index (χ4v) is 3.97. The number of benzene rings is 1. The van der Waals surface area contributed by atoms with E-state index in [1.807, 2.05) is 47.5 Å². The molecule has 0 saturated carbocycles. The first-order chi connectivity index (χ1) is 15.8. The van der Waals surface area contributed by atoms with Crippen molar-refractivity contribution in [2.75, 3.05) is 25.0 Å². The van der Waals surface area contributed by atoms with E-state index in [9.17, 15) is 4.79 Å². The molecule has 3 aromatic heterocycles. The molecule has 8 heteroatoms. The summed E-state index contributed by atoms with van der Waals surface area (Å²) < 4.78 is 5.94. The number of aromatic nitrogens is 4. The molecular formula is C24H24N6O2. The zero-order chi connectivity index (χ0) is 21.8. The van der Waals surface area contributed by atoms with E-state index in [0.717, 1.165) is 11.2 Å². The van der Waals surface area contributed by atoms with Crippen LogP contribution < -0.4 is 5.32 Å². The van der Waals surface area contributed by atoms with Gasteiger partial charge in [0, 0.05) is 42.5 Å². The number of rotatable bonds is 6. The Hall–Kier alpha value is -3.78. The topological polar surface area (TPSA) is 96.0 Å². The van der Waals surface area contributed by atoms with Crippen LogP contribution in [-0.2, 0) is 16.0 Å². The number of morpholine rings is 1. The van der Waals surface area contributed by atoms with Crippen LogP contribution in [0.15, 0.2) is 67.1 Å². The highest BCUT2D eigenvalue weighted by Gasteiger charge is 2.26. The molecule has 32 heavy (non-hydrogen) atoms. The minimum Gasteiger partial charge on any atom is -0.368 e. The molecule has 1 aliphatic rings. The van der Waals surface area contributed by atoms with E-state index in [-0.39, 0.29) is 12.0 Å². The van der Waals surface area contributed by atoms with Crippen molar-refractivity contribution in [3.8, 4) is 0 Å². The number of nitrogens with one attached hydrogen (secondary N) is 2. The van der Waals surface area contributed by atoms with Gasteiger partial charge in [0.25, 0.3) is 0 Å². The number of aryl methyl sites for hydroxylation is 1. The first kappa shape index (κ1) is 20.1. The highest BCUT2D eigenvalue weighted by molar-refractivity contribution is 5.84. The molecule has 0 spiro atoms. The summed E-state index contributed by atoms with van der Waals surface area (Å²) in [6.07, 6.45) is 6.25. The van der Waals surface area contributed by atoms with Crippen molar-refractivity contribution in [3.63, 3.8) is 0 Å². The van der Waals surface area contributed by atoms with E-state index in [4.69, 9.17) is 4.74 Å². The Balaban J connectivity index is 1.22. The van der Waals surface area contributed by atoms with Crippen LogP contribution in [0.25, 0.3) is 10.9 Å². The second kappa shape index (κ2) is 9.15. The van der Waals surface area contributed by atoms with Crippen LogP contribution in [0.1, 0.15) is 23.8 Å². The number of hydrogen-bond donors (Lipinski definition) is 2. The van der Waals surface area contributed by atoms with Gasteiger partial charge in [-0.1, -0.05) is 24.3 Å². The highest BCUT2D eigenvalue weighted by atomic mass is 16.5. The molecule has 1 saturated heterocycles. The molecule has 1 atom stereocenters. The lowest BCUT2D eigenvalue weighted by Gasteiger charge is -2.33. The molecule has 1 aromatic carbocycles. The van der Waals surface area contributed by atoms with Crippen molar-refractivity contribution in [2.24, 2.45) is 0 Å². The number of nitrogens with zero attached hydrogens (tertiary/aromatic N) is 4. The quantitative estimate of drug-likeness (QED) is 0.487. The summed E-state index contributed by atoms with van der Waals surface area (Å²) in [4.78, 5) is 31.1. The van der Waals surface area contributed by atoms with Crippen molar-refractivity contribution in [2.45, 2.75) is 18.9 Å². The maximum absolute atomic E-state index is 12.9. The number of fused-ring (bicyclic) bond motifs is 1. The minimum atomic E-state index is -0.265. The Morgan fingerprint density at radius 3 is 2.91 bits per heavy atom. The van der Waals surface area contributed by atoms with Gasteiger partial charge in [-0.25, -0.2) is 15.0 Å². The minimum absolute atomic E-state index is 0.135. The van der Waals surface area contributed by atoms with Crippen molar-refractivity contribution < 1.29 is 9.53 Å². The van der Waals surface area contributed by atoms with Gasteiger partial charge in [-0.2, -0.15) is 0 Å². The third-order valence-electron chi connectivity index (χ3n) is 5.61. The lowest BCUT2D eigenvalue weighted by Crippen LogP contribution is -2.42. The lowest BCUT2D eigenvalue weighted by molar-refractivity contribution is -0.139. The van der Waals surface area contributed by atoms with Gasteiger partial charge >= 0.3 is 0 Å². The van der Waals surface area contributed by atoms with Crippen LogP contribution in [-0.4, -0.2) is 50.4 Å². The number of amides is 1. The second-order valence-electron chi connectivity index (χ2n) is 7.70. The summed E-state index contributed by atoms with van der Waals surface area (Å²) in [5.74, 6) is 1.26. The second-order valence-corrected chi connectivity index (χ2v) is 7.70. The zero-order valence-electron chi connectivity index (χ0n) is 17.6. The fraction of sp³-hybridized carbons (Fsp3) is 0.250. The molecule has 1 amide bonds. The molecular weight excluding hydrogens is 404 g/mol. The molecule has 1 unspecified atom stereocenters. The Kier molecular flexibility index (Phi) is 5.76. The summed E-state index contributed by atoms with van der Waals surface area (Å²) >= 11 is 0. The van der Waals surface area contributed by atoms with E-state index >= 15 is 0 Å². The van der Waals surface area contributed by atoms with Crippen LogP contribution in [0.4, 0.5) is 11.8 Å². The number of para-hydroxylation sites is 1. The molecule has 0 radical (unpaired) electrons. The van der Waals surface area contributed by atoms with Crippen molar-refractivity contribution in [1.82, 2.24) is 24.8 Å². The van der Waals surface area contributed by atoms with Crippen molar-refractivity contribution >= 4 is 28.6 Å². The molecule has 8 nitrogen and oxygen atoms in total. The Morgan fingerprint density at radius 1 is 1.12 bits per heavy atom. The normalized spacial score (nSPS) is 16.2. The average Bonchev–Trinajstić information content (AvgIpc) is 3.26. The molecule has 1 fully saturated rings. The van der Waals surface area contributed by atoms with E-state index in [1.54, 1.807) is 18.5 Å². The number of aromatic amines is 1. The first-order valence-electron chi connectivity index (χ1n) is 10.7. The number of carbonyl (C=O) groups excluding carboxylic acids is 1. The average molecular weight is 428 g/mol. The van der Waals surface area contributed by atoms with Crippen LogP contribution in [0.5, 0.6) is 0 Å². The number of anilines is 2. The van der Waals surface area contributed by atoms with Gasteiger partial charge in [-0.15, -0.1) is 0 Å². The third-order valence-corrected chi connectivity index (χ3v) is 5.61. The summed E-state index contributed by atoms with van der Waals surface area (Å²) in [6.45, 7) is 1.58. The van der Waals surface area contributed by atoms with Gasteiger partial charge in [0.15, 0.2) is 0 Å². The Bertz CT molecular complexity index is 1210. The van der Waals surface area contributed by atoms with Gasteiger partial charge < -0.3 is 19.9 Å².